The molecule has 0 spiro atoms. The monoisotopic (exact) mass is 405 g/mol. The highest BCUT2D eigenvalue weighted by Crippen LogP contribution is 2.27. The van der Waals surface area contributed by atoms with Gasteiger partial charge in [-0.2, -0.15) is 0 Å². The maximum atomic E-state index is 12.9. The molecule has 1 saturated carbocycles. The Balaban J connectivity index is 1.32. The lowest BCUT2D eigenvalue weighted by Crippen LogP contribution is -2.51. The molecule has 2 fully saturated rings. The van der Waals surface area contributed by atoms with E-state index < -0.39 is 0 Å². The van der Waals surface area contributed by atoms with Gasteiger partial charge in [0, 0.05) is 25.6 Å². The smallest absolute Gasteiger partial charge is 0.317 e. The molecule has 29 heavy (non-hydrogen) atoms. The second-order valence-corrected chi connectivity index (χ2v) is 8.30. The number of carbonyl (C=O) groups is 2. The summed E-state index contributed by atoms with van der Waals surface area (Å²) < 4.78 is 18.5. The van der Waals surface area contributed by atoms with Gasteiger partial charge in [-0.3, -0.25) is 4.79 Å². The minimum atomic E-state index is -0.308. The molecule has 0 bridgehead atoms. The van der Waals surface area contributed by atoms with Gasteiger partial charge in [0.05, 0.1) is 6.04 Å². The molecule has 1 atom stereocenters. The van der Waals surface area contributed by atoms with E-state index in [1.54, 1.807) is 17.0 Å². The van der Waals surface area contributed by atoms with Gasteiger partial charge in [0.2, 0.25) is 5.91 Å². The first-order valence-electron chi connectivity index (χ1n) is 10.7. The highest BCUT2D eigenvalue weighted by molar-refractivity contribution is 5.77. The predicted octanol–water partition coefficient (Wildman–Crippen LogP) is 3.46. The van der Waals surface area contributed by atoms with Crippen molar-refractivity contribution in [1.82, 2.24) is 15.5 Å². The van der Waals surface area contributed by atoms with Crippen LogP contribution in [0.15, 0.2) is 24.3 Å². The summed E-state index contributed by atoms with van der Waals surface area (Å²) in [6.07, 6.45) is 7.06. The molecule has 1 aromatic carbocycles. The van der Waals surface area contributed by atoms with Crippen molar-refractivity contribution in [2.24, 2.45) is 5.92 Å². The molecule has 1 unspecified atom stereocenters. The van der Waals surface area contributed by atoms with Crippen LogP contribution in [-0.4, -0.2) is 48.6 Å². The number of nitrogens with zero attached hydrogens (tertiary/aromatic N) is 1. The molecular formula is C22H32FN3O3. The number of rotatable bonds is 7. The third kappa shape index (κ3) is 6.91. The summed E-state index contributed by atoms with van der Waals surface area (Å²) in [6, 6.07) is 5.69. The molecule has 2 N–H and O–H groups in total. The molecule has 160 valence electrons. The third-order valence-corrected chi connectivity index (χ3v) is 5.78. The molecule has 1 aliphatic heterocycles. The van der Waals surface area contributed by atoms with Crippen LogP contribution < -0.4 is 15.4 Å². The number of nitrogens with one attached hydrogen (secondary N) is 2. The van der Waals surface area contributed by atoms with Crippen LogP contribution in [0.25, 0.3) is 0 Å². The Hall–Kier alpha value is -2.31. The van der Waals surface area contributed by atoms with E-state index in [2.05, 4.69) is 10.6 Å². The van der Waals surface area contributed by atoms with Crippen molar-refractivity contribution in [2.45, 2.75) is 64.0 Å². The Bertz CT molecular complexity index is 668. The van der Waals surface area contributed by atoms with Crippen LogP contribution in [0.3, 0.4) is 0 Å². The van der Waals surface area contributed by atoms with E-state index in [4.69, 9.17) is 4.74 Å². The molecule has 1 saturated heterocycles. The van der Waals surface area contributed by atoms with Crippen molar-refractivity contribution >= 4 is 11.9 Å². The lowest BCUT2D eigenvalue weighted by molar-refractivity contribution is -0.122. The highest BCUT2D eigenvalue weighted by atomic mass is 19.1. The molecular weight excluding hydrogens is 373 g/mol. The third-order valence-electron chi connectivity index (χ3n) is 5.78. The first-order valence-corrected chi connectivity index (χ1v) is 10.7. The van der Waals surface area contributed by atoms with Crippen LogP contribution in [0.4, 0.5) is 9.18 Å². The normalized spacial score (nSPS) is 19.0. The Morgan fingerprint density at radius 3 is 2.45 bits per heavy atom. The van der Waals surface area contributed by atoms with Gasteiger partial charge in [0.1, 0.15) is 18.2 Å². The number of ether oxygens (including phenoxy) is 1. The molecule has 7 heteroatoms. The van der Waals surface area contributed by atoms with E-state index in [0.29, 0.717) is 37.8 Å². The minimum Gasteiger partial charge on any atom is -0.491 e. The number of piperidine rings is 1. The summed E-state index contributed by atoms with van der Waals surface area (Å²) in [5, 5.41) is 6.08. The quantitative estimate of drug-likeness (QED) is 0.730. The zero-order chi connectivity index (χ0) is 20.6. The second-order valence-electron chi connectivity index (χ2n) is 8.30. The molecule has 3 amide bonds. The van der Waals surface area contributed by atoms with E-state index in [1.807, 2.05) is 6.92 Å². The molecule has 1 aliphatic carbocycles. The van der Waals surface area contributed by atoms with Crippen LogP contribution in [0.2, 0.25) is 0 Å². The number of urea groups is 1. The van der Waals surface area contributed by atoms with Crippen LogP contribution in [-0.2, 0) is 4.79 Å². The van der Waals surface area contributed by atoms with Crippen molar-refractivity contribution in [3.8, 4) is 5.75 Å². The molecule has 1 heterocycles. The molecule has 3 rings (SSSR count). The maximum absolute atomic E-state index is 12.9. The lowest BCUT2D eigenvalue weighted by atomic mass is 10.0. The largest absolute Gasteiger partial charge is 0.491 e. The number of hydrogen-bond donors (Lipinski definition) is 2. The van der Waals surface area contributed by atoms with Crippen LogP contribution in [0.5, 0.6) is 5.75 Å². The average Bonchev–Trinajstić information content (AvgIpc) is 3.21. The molecule has 2 aliphatic rings. The number of likely N-dealkylation sites (tertiary alicyclic amines) is 1. The number of amides is 3. The molecule has 6 nitrogen and oxygen atoms in total. The Morgan fingerprint density at radius 1 is 1.14 bits per heavy atom. The average molecular weight is 406 g/mol. The second kappa shape index (κ2) is 10.5. The van der Waals surface area contributed by atoms with Gasteiger partial charge in [-0.1, -0.05) is 12.8 Å². The van der Waals surface area contributed by atoms with Gasteiger partial charge in [-0.15, -0.1) is 0 Å². The van der Waals surface area contributed by atoms with Gasteiger partial charge in [-0.05, 0) is 62.8 Å². The lowest BCUT2D eigenvalue weighted by Gasteiger charge is -2.33. The van der Waals surface area contributed by atoms with E-state index in [1.165, 1.54) is 37.8 Å². The SMILES string of the molecule is CC(COc1ccc(F)cc1)NC(=O)N1CCC(NC(=O)CC2CCCC2)CC1. The van der Waals surface area contributed by atoms with Gasteiger partial charge >= 0.3 is 6.03 Å². The highest BCUT2D eigenvalue weighted by Gasteiger charge is 2.26. The molecule has 0 radical (unpaired) electrons. The van der Waals surface area contributed by atoms with E-state index in [0.717, 1.165) is 12.8 Å². The van der Waals surface area contributed by atoms with Crippen molar-refractivity contribution < 1.29 is 18.7 Å². The Morgan fingerprint density at radius 2 is 1.79 bits per heavy atom. The summed E-state index contributed by atoms with van der Waals surface area (Å²) in [6.45, 7) is 3.44. The topological polar surface area (TPSA) is 70.7 Å². The number of hydrogen-bond acceptors (Lipinski definition) is 3. The maximum Gasteiger partial charge on any atom is 0.317 e. The summed E-state index contributed by atoms with van der Waals surface area (Å²) in [7, 11) is 0. The van der Waals surface area contributed by atoms with Gasteiger partial charge in [0.25, 0.3) is 0 Å². The van der Waals surface area contributed by atoms with E-state index in [9.17, 15) is 14.0 Å². The number of benzene rings is 1. The predicted molar refractivity (Wildman–Crippen MR) is 109 cm³/mol. The first kappa shape index (κ1) is 21.4. The minimum absolute atomic E-state index is 0.115. The fraction of sp³-hybridized carbons (Fsp3) is 0.636. The summed E-state index contributed by atoms with van der Waals surface area (Å²) >= 11 is 0. The van der Waals surface area contributed by atoms with Gasteiger partial charge in [0.15, 0.2) is 0 Å². The van der Waals surface area contributed by atoms with Gasteiger partial charge in [-0.25, -0.2) is 9.18 Å². The summed E-state index contributed by atoms with van der Waals surface area (Å²) in [4.78, 5) is 26.4. The van der Waals surface area contributed by atoms with E-state index >= 15 is 0 Å². The fourth-order valence-corrected chi connectivity index (χ4v) is 4.09. The number of carbonyl (C=O) groups excluding carboxylic acids is 2. The standard InChI is InChI=1S/C22H32FN3O3/c1-16(15-29-20-8-6-18(23)7-9-20)24-22(28)26-12-10-19(11-13-26)25-21(27)14-17-4-2-3-5-17/h6-9,16-17,19H,2-5,10-15H2,1H3,(H,24,28)(H,25,27). The molecule has 1 aromatic rings. The van der Waals surface area contributed by atoms with Gasteiger partial charge < -0.3 is 20.3 Å². The first-order chi connectivity index (χ1) is 14.0. The number of halogens is 1. The van der Waals surface area contributed by atoms with Crippen LogP contribution in [0, 0.1) is 11.7 Å². The van der Waals surface area contributed by atoms with Crippen molar-refractivity contribution in [2.75, 3.05) is 19.7 Å². The van der Waals surface area contributed by atoms with Crippen molar-refractivity contribution in [3.05, 3.63) is 30.1 Å². The van der Waals surface area contributed by atoms with Crippen molar-refractivity contribution in [1.29, 1.82) is 0 Å². The molecule has 0 aromatic heterocycles. The van der Waals surface area contributed by atoms with Crippen LogP contribution in [0.1, 0.15) is 51.9 Å². The summed E-state index contributed by atoms with van der Waals surface area (Å²) in [5.74, 6) is 0.976. The van der Waals surface area contributed by atoms with Crippen molar-refractivity contribution in [3.63, 3.8) is 0 Å². The van der Waals surface area contributed by atoms with E-state index in [-0.39, 0.29) is 29.8 Å². The Kier molecular flexibility index (Phi) is 7.72. The summed E-state index contributed by atoms with van der Waals surface area (Å²) in [5.41, 5.74) is 0. The zero-order valence-corrected chi connectivity index (χ0v) is 17.2. The Labute approximate surface area is 172 Å². The zero-order valence-electron chi connectivity index (χ0n) is 17.2. The fourth-order valence-electron chi connectivity index (χ4n) is 4.09. The van der Waals surface area contributed by atoms with Crippen LogP contribution >= 0.6 is 0 Å².